The van der Waals surface area contributed by atoms with Gasteiger partial charge in [-0.1, -0.05) is 36.4 Å². The normalized spacial score (nSPS) is 11.8. The summed E-state index contributed by atoms with van der Waals surface area (Å²) in [4.78, 5) is 23.6. The number of nitrogens with zero attached hydrogens (tertiary/aromatic N) is 6. The number of furan rings is 1. The van der Waals surface area contributed by atoms with Gasteiger partial charge in [-0.05, 0) is 60.7 Å². The maximum absolute atomic E-state index is 6.60. The van der Waals surface area contributed by atoms with Crippen LogP contribution in [0, 0.1) is 0 Å². The van der Waals surface area contributed by atoms with Crippen LogP contribution in [-0.4, -0.2) is 29.5 Å². The molecule has 0 spiro atoms. The van der Waals surface area contributed by atoms with Crippen LogP contribution in [0.5, 0.6) is 0 Å². The van der Waals surface area contributed by atoms with E-state index < -0.39 is 0 Å². The molecule has 3 aromatic carbocycles. The van der Waals surface area contributed by atoms with Crippen molar-refractivity contribution in [2.45, 2.75) is 0 Å². The maximum atomic E-state index is 6.60. The molecule has 9 aromatic rings. The van der Waals surface area contributed by atoms with Gasteiger partial charge in [-0.2, -0.15) is 0 Å². The zero-order valence-electron chi connectivity index (χ0n) is 22.1. The Morgan fingerprint density at radius 2 is 1.26 bits per heavy atom. The van der Waals surface area contributed by atoms with E-state index in [0.29, 0.717) is 0 Å². The zero-order valence-corrected chi connectivity index (χ0v) is 22.1. The summed E-state index contributed by atoms with van der Waals surface area (Å²) in [7, 11) is 0. The summed E-state index contributed by atoms with van der Waals surface area (Å²) in [6, 6.07) is 32.5. The molecule has 42 heavy (non-hydrogen) atoms. The number of pyridine rings is 3. The molecule has 0 radical (unpaired) electrons. The van der Waals surface area contributed by atoms with E-state index in [4.69, 9.17) is 14.4 Å². The topological polar surface area (TPSA) is 82.5 Å². The van der Waals surface area contributed by atoms with Crippen LogP contribution in [0.1, 0.15) is 0 Å². The minimum absolute atomic E-state index is 0.751. The van der Waals surface area contributed by atoms with Crippen LogP contribution in [0.15, 0.2) is 126 Å². The van der Waals surface area contributed by atoms with Gasteiger partial charge in [0.05, 0.1) is 50.5 Å². The van der Waals surface area contributed by atoms with Crippen molar-refractivity contribution < 1.29 is 4.42 Å². The Morgan fingerprint density at radius 3 is 2.02 bits per heavy atom. The first kappa shape index (κ1) is 22.8. The molecule has 0 aliphatic heterocycles. The number of rotatable bonds is 3. The van der Waals surface area contributed by atoms with E-state index in [1.165, 1.54) is 0 Å². The Balaban J connectivity index is 1.48. The standard InChI is InChI=1S/C35H20N6O/c1-2-10-31-22(7-1)23-11-12-24-32-30(14-13-27-33(32)39-18-17-38-27)41(34(24)35(23)42-31)21-19-28(25-8-3-5-15-36-25)40-29(20-21)26-9-4-6-16-37-26/h1-20H. The van der Waals surface area contributed by atoms with Crippen molar-refractivity contribution >= 4 is 54.8 Å². The van der Waals surface area contributed by atoms with Gasteiger partial charge in [0.25, 0.3) is 0 Å². The van der Waals surface area contributed by atoms with Gasteiger partial charge in [-0.25, -0.2) is 4.98 Å². The van der Waals surface area contributed by atoms with Gasteiger partial charge in [0.1, 0.15) is 5.58 Å². The maximum Gasteiger partial charge on any atom is 0.160 e. The monoisotopic (exact) mass is 540 g/mol. The van der Waals surface area contributed by atoms with Gasteiger partial charge in [0.2, 0.25) is 0 Å². The van der Waals surface area contributed by atoms with E-state index in [1.54, 1.807) is 24.8 Å². The minimum Gasteiger partial charge on any atom is -0.454 e. The summed E-state index contributed by atoms with van der Waals surface area (Å²) in [5, 5.41) is 4.20. The summed E-state index contributed by atoms with van der Waals surface area (Å²) in [6.07, 6.45) is 7.04. The molecule has 7 heteroatoms. The fourth-order valence-corrected chi connectivity index (χ4v) is 6.00. The third-order valence-electron chi connectivity index (χ3n) is 7.80. The summed E-state index contributed by atoms with van der Waals surface area (Å²) in [5.41, 5.74) is 9.29. The van der Waals surface area contributed by atoms with Gasteiger partial charge in [-0.3, -0.25) is 19.9 Å². The van der Waals surface area contributed by atoms with Crippen LogP contribution in [0.25, 0.3) is 83.2 Å². The van der Waals surface area contributed by atoms with Gasteiger partial charge in [0.15, 0.2) is 5.58 Å². The van der Waals surface area contributed by atoms with Crippen LogP contribution >= 0.6 is 0 Å². The van der Waals surface area contributed by atoms with Crippen LogP contribution in [-0.2, 0) is 0 Å². The predicted molar refractivity (Wildman–Crippen MR) is 165 cm³/mol. The molecule has 0 saturated heterocycles. The van der Waals surface area contributed by atoms with Crippen molar-refractivity contribution in [1.82, 2.24) is 29.5 Å². The molecule has 6 aromatic heterocycles. The van der Waals surface area contributed by atoms with Crippen molar-refractivity contribution in [3.63, 3.8) is 0 Å². The van der Waals surface area contributed by atoms with E-state index in [9.17, 15) is 0 Å². The van der Waals surface area contributed by atoms with E-state index >= 15 is 0 Å². The predicted octanol–water partition coefficient (Wildman–Crippen LogP) is 8.15. The van der Waals surface area contributed by atoms with Crippen LogP contribution in [0.4, 0.5) is 0 Å². The SMILES string of the molecule is c1ccc(-c2cc(-n3c4ccc5nccnc5c4c4ccc5c6ccccc6oc5c43)cc(-c3ccccn3)n2)nc1. The van der Waals surface area contributed by atoms with Crippen LogP contribution in [0.3, 0.4) is 0 Å². The summed E-state index contributed by atoms with van der Waals surface area (Å²) in [5.74, 6) is 0. The number of aromatic nitrogens is 6. The molecule has 0 aliphatic carbocycles. The van der Waals surface area contributed by atoms with Crippen molar-refractivity contribution in [1.29, 1.82) is 0 Å². The number of hydrogen-bond donors (Lipinski definition) is 0. The van der Waals surface area contributed by atoms with Gasteiger partial charge in [0, 0.05) is 46.3 Å². The molecule has 196 valence electrons. The fourth-order valence-electron chi connectivity index (χ4n) is 6.00. The first-order valence-electron chi connectivity index (χ1n) is 13.7. The molecule has 0 amide bonds. The Hall–Kier alpha value is -5.95. The molecule has 0 bridgehead atoms. The third kappa shape index (κ3) is 3.31. The Kier molecular flexibility index (Phi) is 4.77. The first-order valence-corrected chi connectivity index (χ1v) is 13.7. The Bertz CT molecular complexity index is 2410. The lowest BCUT2D eigenvalue weighted by atomic mass is 10.1. The van der Waals surface area contributed by atoms with Crippen LogP contribution in [0.2, 0.25) is 0 Å². The van der Waals surface area contributed by atoms with E-state index in [1.807, 2.05) is 60.7 Å². The van der Waals surface area contributed by atoms with E-state index in [-0.39, 0.29) is 0 Å². The molecule has 7 nitrogen and oxygen atoms in total. The first-order chi connectivity index (χ1) is 20.8. The highest BCUT2D eigenvalue weighted by molar-refractivity contribution is 6.26. The molecule has 9 rings (SSSR count). The highest BCUT2D eigenvalue weighted by Gasteiger charge is 2.22. The smallest absolute Gasteiger partial charge is 0.160 e. The highest BCUT2D eigenvalue weighted by Crippen LogP contribution is 2.42. The molecule has 0 saturated carbocycles. The molecule has 0 unspecified atom stereocenters. The number of hydrogen-bond acceptors (Lipinski definition) is 6. The van der Waals surface area contributed by atoms with Gasteiger partial charge >= 0.3 is 0 Å². The summed E-state index contributed by atoms with van der Waals surface area (Å²) in [6.45, 7) is 0. The van der Waals surface area contributed by atoms with E-state index in [2.05, 4.69) is 55.9 Å². The molecule has 0 aliphatic rings. The minimum atomic E-state index is 0.751. The quantitative estimate of drug-likeness (QED) is 0.225. The third-order valence-corrected chi connectivity index (χ3v) is 7.80. The molecule has 0 atom stereocenters. The lowest BCUT2D eigenvalue weighted by Gasteiger charge is -2.12. The second-order valence-corrected chi connectivity index (χ2v) is 10.2. The second kappa shape index (κ2) is 8.78. The fraction of sp³-hybridized carbons (Fsp3) is 0. The number of fused-ring (bicyclic) bond motifs is 9. The van der Waals surface area contributed by atoms with Crippen molar-refractivity contribution in [2.75, 3.05) is 0 Å². The number of benzene rings is 3. The van der Waals surface area contributed by atoms with Crippen molar-refractivity contribution in [3.8, 4) is 28.5 Å². The van der Waals surface area contributed by atoms with Gasteiger partial charge < -0.3 is 8.98 Å². The second-order valence-electron chi connectivity index (χ2n) is 10.2. The highest BCUT2D eigenvalue weighted by atomic mass is 16.3. The largest absolute Gasteiger partial charge is 0.454 e. The van der Waals surface area contributed by atoms with Crippen LogP contribution < -0.4 is 0 Å². The Labute approximate surface area is 238 Å². The average molecular weight is 541 g/mol. The lowest BCUT2D eigenvalue weighted by Crippen LogP contribution is -1.99. The summed E-state index contributed by atoms with van der Waals surface area (Å²) >= 11 is 0. The van der Waals surface area contributed by atoms with Gasteiger partial charge in [-0.15, -0.1) is 0 Å². The van der Waals surface area contributed by atoms with Crippen molar-refractivity contribution in [3.05, 3.63) is 122 Å². The molecular weight excluding hydrogens is 520 g/mol. The number of para-hydroxylation sites is 1. The Morgan fingerprint density at radius 1 is 0.548 bits per heavy atom. The lowest BCUT2D eigenvalue weighted by molar-refractivity contribution is 0.671. The average Bonchev–Trinajstić information content (AvgIpc) is 3.61. The van der Waals surface area contributed by atoms with Crippen molar-refractivity contribution in [2.24, 2.45) is 0 Å². The molecular formula is C35H20N6O. The molecule has 0 N–H and O–H groups in total. The summed E-state index contributed by atoms with van der Waals surface area (Å²) < 4.78 is 8.86. The zero-order chi connectivity index (χ0) is 27.6. The molecule has 6 heterocycles. The molecule has 0 fully saturated rings. The van der Waals surface area contributed by atoms with E-state index in [0.717, 1.165) is 83.2 Å².